The number of ether oxygens (including phenoxy) is 2. The normalized spacial score (nSPS) is 20.1. The summed E-state index contributed by atoms with van der Waals surface area (Å²) >= 11 is 5.98. The molecule has 2 aliphatic heterocycles. The maximum absolute atomic E-state index is 12.7. The van der Waals surface area contributed by atoms with E-state index in [1.165, 1.54) is 16.8 Å². The summed E-state index contributed by atoms with van der Waals surface area (Å²) in [5.41, 5.74) is 4.64. The molecule has 2 aliphatic rings. The van der Waals surface area contributed by atoms with Crippen molar-refractivity contribution in [3.63, 3.8) is 0 Å². The predicted octanol–water partition coefficient (Wildman–Crippen LogP) is 6.26. The average molecular weight is 503 g/mol. The summed E-state index contributed by atoms with van der Waals surface area (Å²) in [6.45, 7) is 7.61. The topological polar surface area (TPSA) is 50.8 Å². The van der Waals surface area contributed by atoms with Crippen molar-refractivity contribution >= 4 is 29.3 Å². The molecule has 3 aromatic rings. The molecular weight excluding hydrogens is 472 g/mol. The Labute approximate surface area is 217 Å². The monoisotopic (exact) mass is 502 g/mol. The quantitative estimate of drug-likeness (QED) is 0.432. The van der Waals surface area contributed by atoms with Crippen molar-refractivity contribution in [1.29, 1.82) is 0 Å². The standard InChI is InChI=1S/C30H31ClN2O3/c1-20-5-11-25-24(17-20)29(2,3)30(32-28(34)14-16-33(25)30)15-13-21-8-12-26(27(18-21)35-4)36-19-22-6-9-23(31)10-7-22/h5-13,15,17-18H,14,16,19H2,1-4H3,(H,32,34)/b15-13+/t30-/m0/s1. The molecule has 0 saturated carbocycles. The van der Waals surface area contributed by atoms with Crippen molar-refractivity contribution in [2.24, 2.45) is 0 Å². The van der Waals surface area contributed by atoms with Gasteiger partial charge >= 0.3 is 0 Å². The van der Waals surface area contributed by atoms with Crippen LogP contribution in [0.5, 0.6) is 11.5 Å². The van der Waals surface area contributed by atoms with Gasteiger partial charge in [0.1, 0.15) is 12.3 Å². The van der Waals surface area contributed by atoms with Gasteiger partial charge in [0.15, 0.2) is 11.5 Å². The molecule has 36 heavy (non-hydrogen) atoms. The summed E-state index contributed by atoms with van der Waals surface area (Å²) < 4.78 is 11.6. The van der Waals surface area contributed by atoms with Gasteiger partial charge in [-0.05, 0) is 60.0 Å². The highest BCUT2D eigenvalue weighted by Crippen LogP contribution is 2.52. The Morgan fingerprint density at radius 2 is 1.83 bits per heavy atom. The lowest BCUT2D eigenvalue weighted by atomic mass is 9.74. The molecule has 0 aliphatic carbocycles. The first-order valence-electron chi connectivity index (χ1n) is 12.2. The third kappa shape index (κ3) is 4.11. The minimum absolute atomic E-state index is 0.0667. The van der Waals surface area contributed by atoms with Crippen LogP contribution in [-0.2, 0) is 16.8 Å². The number of fused-ring (bicyclic) bond motifs is 3. The molecule has 3 aromatic carbocycles. The highest BCUT2D eigenvalue weighted by molar-refractivity contribution is 6.30. The van der Waals surface area contributed by atoms with Crippen molar-refractivity contribution in [2.75, 3.05) is 18.6 Å². The second-order valence-corrected chi connectivity index (χ2v) is 10.5. The van der Waals surface area contributed by atoms with E-state index in [4.69, 9.17) is 21.1 Å². The molecule has 1 N–H and O–H groups in total. The van der Waals surface area contributed by atoms with Crippen molar-refractivity contribution < 1.29 is 14.3 Å². The summed E-state index contributed by atoms with van der Waals surface area (Å²) in [4.78, 5) is 15.0. The summed E-state index contributed by atoms with van der Waals surface area (Å²) in [6.07, 6.45) is 4.67. The SMILES string of the molecule is COc1cc(/C=C/[C@]23NC(=O)CCN2c2ccc(C)cc2C3(C)C)ccc1OCc1ccc(Cl)cc1. The summed E-state index contributed by atoms with van der Waals surface area (Å²) in [5.74, 6) is 1.38. The maximum atomic E-state index is 12.7. The van der Waals surface area contributed by atoms with Crippen LogP contribution in [0.3, 0.4) is 0 Å². The van der Waals surface area contributed by atoms with Crippen molar-refractivity contribution in [3.05, 3.63) is 94.0 Å². The lowest BCUT2D eigenvalue weighted by molar-refractivity contribution is -0.124. The van der Waals surface area contributed by atoms with E-state index in [1.54, 1.807) is 7.11 Å². The van der Waals surface area contributed by atoms with Crippen LogP contribution in [0.25, 0.3) is 6.08 Å². The van der Waals surface area contributed by atoms with E-state index in [9.17, 15) is 4.79 Å². The maximum Gasteiger partial charge on any atom is 0.223 e. The van der Waals surface area contributed by atoms with E-state index >= 15 is 0 Å². The fourth-order valence-corrected chi connectivity index (χ4v) is 5.46. The molecule has 186 valence electrons. The van der Waals surface area contributed by atoms with Gasteiger partial charge in [-0.25, -0.2) is 0 Å². The van der Waals surface area contributed by atoms with Gasteiger partial charge in [-0.2, -0.15) is 0 Å². The molecule has 1 atom stereocenters. The molecule has 0 spiro atoms. The number of hydrogen-bond donors (Lipinski definition) is 1. The number of nitrogens with one attached hydrogen (secondary N) is 1. The Morgan fingerprint density at radius 3 is 2.58 bits per heavy atom. The van der Waals surface area contributed by atoms with Crippen LogP contribution in [0.4, 0.5) is 5.69 Å². The van der Waals surface area contributed by atoms with E-state index in [2.05, 4.69) is 61.3 Å². The smallest absolute Gasteiger partial charge is 0.223 e. The van der Waals surface area contributed by atoms with Crippen molar-refractivity contribution in [1.82, 2.24) is 5.32 Å². The van der Waals surface area contributed by atoms with Crippen LogP contribution in [0.15, 0.2) is 66.7 Å². The first kappa shape index (κ1) is 24.3. The van der Waals surface area contributed by atoms with Crippen molar-refractivity contribution in [3.8, 4) is 11.5 Å². The van der Waals surface area contributed by atoms with Gasteiger partial charge < -0.3 is 19.7 Å². The number of methoxy groups -OCH3 is 1. The average Bonchev–Trinajstić information content (AvgIpc) is 3.05. The fourth-order valence-electron chi connectivity index (χ4n) is 5.33. The largest absolute Gasteiger partial charge is 0.493 e. The minimum atomic E-state index is -0.657. The zero-order chi connectivity index (χ0) is 25.5. The van der Waals surface area contributed by atoms with Gasteiger partial charge in [0.2, 0.25) is 5.91 Å². The van der Waals surface area contributed by atoms with E-state index in [0.717, 1.165) is 11.1 Å². The molecule has 0 aromatic heterocycles. The highest BCUT2D eigenvalue weighted by Gasteiger charge is 2.57. The Kier molecular flexibility index (Phi) is 6.21. The van der Waals surface area contributed by atoms with Crippen LogP contribution >= 0.6 is 11.6 Å². The first-order chi connectivity index (χ1) is 17.2. The second-order valence-electron chi connectivity index (χ2n) is 10.0. The number of amides is 1. The molecule has 1 fully saturated rings. The fraction of sp³-hybridized carbons (Fsp3) is 0.300. The number of carbonyl (C=O) groups excluding carboxylic acids is 1. The third-order valence-corrected chi connectivity index (χ3v) is 7.65. The molecular formula is C30H31ClN2O3. The summed E-state index contributed by atoms with van der Waals surface area (Å²) in [6, 6.07) is 20.0. The third-order valence-electron chi connectivity index (χ3n) is 7.40. The van der Waals surface area contributed by atoms with Crippen LogP contribution in [0.1, 0.15) is 42.5 Å². The Morgan fingerprint density at radius 1 is 1.06 bits per heavy atom. The lowest BCUT2D eigenvalue weighted by Gasteiger charge is -2.49. The van der Waals surface area contributed by atoms with Crippen LogP contribution in [0, 0.1) is 6.92 Å². The second kappa shape index (κ2) is 9.21. The Bertz CT molecular complexity index is 1330. The van der Waals surface area contributed by atoms with E-state index in [1.807, 2.05) is 42.5 Å². The van der Waals surface area contributed by atoms with Crippen LogP contribution in [-0.4, -0.2) is 25.2 Å². The van der Waals surface area contributed by atoms with Crippen LogP contribution in [0.2, 0.25) is 5.02 Å². The number of anilines is 1. The van der Waals surface area contributed by atoms with Crippen molar-refractivity contribution in [2.45, 2.75) is 44.9 Å². The lowest BCUT2D eigenvalue weighted by Crippen LogP contribution is -2.68. The Balaban J connectivity index is 1.44. The first-order valence-corrected chi connectivity index (χ1v) is 12.6. The van der Waals surface area contributed by atoms with E-state index < -0.39 is 5.66 Å². The number of carbonyl (C=O) groups is 1. The van der Waals surface area contributed by atoms with Gasteiger partial charge in [0.05, 0.1) is 7.11 Å². The molecule has 2 heterocycles. The molecule has 5 rings (SSSR count). The number of aryl methyl sites for hydroxylation is 1. The number of halogens is 1. The van der Waals surface area contributed by atoms with E-state index in [0.29, 0.717) is 36.1 Å². The van der Waals surface area contributed by atoms with E-state index in [-0.39, 0.29) is 11.3 Å². The van der Waals surface area contributed by atoms with Gasteiger partial charge in [-0.1, -0.05) is 67.4 Å². The number of benzene rings is 3. The number of nitrogens with zero attached hydrogens (tertiary/aromatic N) is 1. The molecule has 0 unspecified atom stereocenters. The molecule has 0 radical (unpaired) electrons. The van der Waals surface area contributed by atoms with Gasteiger partial charge in [-0.15, -0.1) is 0 Å². The Hall–Kier alpha value is -3.44. The zero-order valence-corrected chi connectivity index (χ0v) is 21.9. The van der Waals surface area contributed by atoms with Gasteiger partial charge in [0, 0.05) is 29.1 Å². The molecule has 5 nitrogen and oxygen atoms in total. The predicted molar refractivity (Wildman–Crippen MR) is 145 cm³/mol. The minimum Gasteiger partial charge on any atom is -0.493 e. The molecule has 0 bridgehead atoms. The number of hydrogen-bond acceptors (Lipinski definition) is 4. The van der Waals surface area contributed by atoms with Gasteiger partial charge in [0.25, 0.3) is 0 Å². The summed E-state index contributed by atoms with van der Waals surface area (Å²) in [5, 5.41) is 4.03. The molecule has 1 saturated heterocycles. The zero-order valence-electron chi connectivity index (χ0n) is 21.1. The van der Waals surface area contributed by atoms with Crippen LogP contribution < -0.4 is 19.7 Å². The molecule has 6 heteroatoms. The molecule has 1 amide bonds. The van der Waals surface area contributed by atoms with Gasteiger partial charge in [-0.3, -0.25) is 4.79 Å². The highest BCUT2D eigenvalue weighted by atomic mass is 35.5. The summed E-state index contributed by atoms with van der Waals surface area (Å²) in [7, 11) is 1.64. The number of rotatable bonds is 6.